The van der Waals surface area contributed by atoms with Crippen LogP contribution in [0.15, 0.2) is 24.3 Å². The summed E-state index contributed by atoms with van der Waals surface area (Å²) in [4.78, 5) is 37.5. The fourth-order valence-corrected chi connectivity index (χ4v) is 3.97. The molecule has 0 saturated carbocycles. The number of carbonyl (C=O) groups is 3. The first-order valence-corrected chi connectivity index (χ1v) is 10.6. The summed E-state index contributed by atoms with van der Waals surface area (Å²) in [6.07, 6.45) is 2.86. The van der Waals surface area contributed by atoms with E-state index < -0.39 is 11.9 Å². The number of hydrogen-bond acceptors (Lipinski definition) is 7. The van der Waals surface area contributed by atoms with Crippen LogP contribution in [-0.2, 0) is 23.9 Å². The number of para-hydroxylation sites is 1. The second-order valence-corrected chi connectivity index (χ2v) is 7.31. The van der Waals surface area contributed by atoms with Crippen molar-refractivity contribution in [3.05, 3.63) is 29.8 Å². The Morgan fingerprint density at radius 2 is 1.93 bits per heavy atom. The molecular weight excluding hydrogens is 382 g/mol. The minimum atomic E-state index is -0.458. The molecule has 1 heterocycles. The first-order valence-electron chi connectivity index (χ1n) is 9.50. The minimum Gasteiger partial charge on any atom is -0.482 e. The van der Waals surface area contributed by atoms with E-state index in [1.807, 2.05) is 12.1 Å². The zero-order valence-corrected chi connectivity index (χ0v) is 17.2. The number of rotatable bonds is 11. The van der Waals surface area contributed by atoms with Gasteiger partial charge in [0.05, 0.1) is 19.0 Å². The molecule has 1 unspecified atom stereocenters. The van der Waals surface area contributed by atoms with Gasteiger partial charge in [-0.3, -0.25) is 9.59 Å². The maximum Gasteiger partial charge on any atom is 0.344 e. The molecule has 1 saturated heterocycles. The zero-order chi connectivity index (χ0) is 20.4. The summed E-state index contributed by atoms with van der Waals surface area (Å²) >= 11 is 1.42. The molecule has 154 valence electrons. The van der Waals surface area contributed by atoms with Gasteiger partial charge in [0.2, 0.25) is 5.91 Å². The molecule has 1 fully saturated rings. The van der Waals surface area contributed by atoms with Crippen molar-refractivity contribution in [1.82, 2.24) is 4.90 Å². The fraction of sp³-hybridized carbons (Fsp3) is 0.550. The van der Waals surface area contributed by atoms with E-state index in [0.717, 1.165) is 24.8 Å². The molecule has 8 heteroatoms. The molecule has 0 aromatic heterocycles. The second-order valence-electron chi connectivity index (χ2n) is 6.24. The Bertz CT molecular complexity index is 680. The van der Waals surface area contributed by atoms with Gasteiger partial charge in [0.25, 0.3) is 0 Å². The highest BCUT2D eigenvalue weighted by Crippen LogP contribution is 2.42. The molecule has 0 spiro atoms. The fourth-order valence-electron chi connectivity index (χ4n) is 2.76. The van der Waals surface area contributed by atoms with E-state index in [-0.39, 0.29) is 36.8 Å². The predicted molar refractivity (Wildman–Crippen MR) is 106 cm³/mol. The summed E-state index contributed by atoms with van der Waals surface area (Å²) in [6, 6.07) is 7.18. The number of unbranched alkanes of at least 4 members (excludes halogenated alkanes) is 2. The number of esters is 2. The Labute approximate surface area is 169 Å². The standard InChI is InChI=1S/C20H27NO6S/c1-3-5-8-11-26-18(23)12-21-17(22)14-28-20(21)15-9-6-7-10-16(15)27-13-19(24)25-4-2/h6-7,9-10,20H,3-5,8,11-14H2,1-2H3. The van der Waals surface area contributed by atoms with Crippen molar-refractivity contribution in [3.8, 4) is 5.75 Å². The van der Waals surface area contributed by atoms with Crippen LogP contribution >= 0.6 is 11.8 Å². The van der Waals surface area contributed by atoms with Gasteiger partial charge in [0.1, 0.15) is 17.7 Å². The van der Waals surface area contributed by atoms with Gasteiger partial charge >= 0.3 is 11.9 Å². The van der Waals surface area contributed by atoms with Gasteiger partial charge in [-0.05, 0) is 19.4 Å². The smallest absolute Gasteiger partial charge is 0.344 e. The molecular formula is C20H27NO6S. The van der Waals surface area contributed by atoms with E-state index in [9.17, 15) is 14.4 Å². The van der Waals surface area contributed by atoms with Gasteiger partial charge in [-0.1, -0.05) is 38.0 Å². The molecule has 28 heavy (non-hydrogen) atoms. The van der Waals surface area contributed by atoms with Crippen LogP contribution in [0.3, 0.4) is 0 Å². The van der Waals surface area contributed by atoms with E-state index in [0.29, 0.717) is 12.4 Å². The average Bonchev–Trinajstić information content (AvgIpc) is 3.04. The van der Waals surface area contributed by atoms with Crippen LogP contribution in [0.25, 0.3) is 0 Å². The van der Waals surface area contributed by atoms with Crippen molar-refractivity contribution < 1.29 is 28.6 Å². The molecule has 1 aromatic carbocycles. The lowest BCUT2D eigenvalue weighted by Crippen LogP contribution is -2.34. The van der Waals surface area contributed by atoms with Gasteiger partial charge in [0.15, 0.2) is 6.61 Å². The Balaban J connectivity index is 2.03. The molecule has 0 aliphatic carbocycles. The van der Waals surface area contributed by atoms with Crippen molar-refractivity contribution in [1.29, 1.82) is 0 Å². The monoisotopic (exact) mass is 409 g/mol. The molecule has 1 amide bonds. The maximum atomic E-state index is 12.3. The Morgan fingerprint density at radius 3 is 2.68 bits per heavy atom. The van der Waals surface area contributed by atoms with Crippen molar-refractivity contribution >= 4 is 29.6 Å². The average molecular weight is 410 g/mol. The first-order chi connectivity index (χ1) is 13.6. The van der Waals surface area contributed by atoms with E-state index in [2.05, 4.69) is 6.92 Å². The third-order valence-electron chi connectivity index (χ3n) is 4.11. The van der Waals surface area contributed by atoms with Gasteiger partial charge in [-0.2, -0.15) is 0 Å². The van der Waals surface area contributed by atoms with Crippen molar-refractivity contribution in [2.24, 2.45) is 0 Å². The third kappa shape index (κ3) is 6.44. The van der Waals surface area contributed by atoms with Crippen LogP contribution in [0.5, 0.6) is 5.75 Å². The predicted octanol–water partition coefficient (Wildman–Crippen LogP) is 2.94. The number of carbonyl (C=O) groups excluding carboxylic acids is 3. The lowest BCUT2D eigenvalue weighted by molar-refractivity contribution is -0.148. The lowest BCUT2D eigenvalue weighted by atomic mass is 10.2. The largest absolute Gasteiger partial charge is 0.482 e. The van der Waals surface area contributed by atoms with Crippen LogP contribution in [0.1, 0.15) is 44.0 Å². The zero-order valence-electron chi connectivity index (χ0n) is 16.3. The minimum absolute atomic E-state index is 0.102. The molecule has 1 aliphatic heterocycles. The first kappa shape index (κ1) is 22.1. The van der Waals surface area contributed by atoms with Gasteiger partial charge in [-0.25, -0.2) is 4.79 Å². The highest BCUT2D eigenvalue weighted by atomic mass is 32.2. The summed E-state index contributed by atoms with van der Waals surface area (Å²) in [5, 5.41) is -0.367. The van der Waals surface area contributed by atoms with E-state index >= 15 is 0 Å². The normalized spacial score (nSPS) is 16.1. The molecule has 1 aliphatic rings. The number of benzene rings is 1. The van der Waals surface area contributed by atoms with Gasteiger partial charge in [-0.15, -0.1) is 11.8 Å². The molecule has 1 atom stereocenters. The summed E-state index contributed by atoms with van der Waals surface area (Å²) in [7, 11) is 0. The number of amides is 1. The Morgan fingerprint density at radius 1 is 1.14 bits per heavy atom. The highest BCUT2D eigenvalue weighted by molar-refractivity contribution is 8.00. The van der Waals surface area contributed by atoms with Crippen molar-refractivity contribution in [3.63, 3.8) is 0 Å². The van der Waals surface area contributed by atoms with Crippen molar-refractivity contribution in [2.45, 2.75) is 38.5 Å². The highest BCUT2D eigenvalue weighted by Gasteiger charge is 2.36. The van der Waals surface area contributed by atoms with Crippen LogP contribution in [0, 0.1) is 0 Å². The number of ether oxygens (including phenoxy) is 3. The number of thioether (sulfide) groups is 1. The van der Waals surface area contributed by atoms with Crippen LogP contribution in [-0.4, -0.2) is 54.9 Å². The van der Waals surface area contributed by atoms with Crippen LogP contribution in [0.4, 0.5) is 0 Å². The van der Waals surface area contributed by atoms with E-state index in [1.165, 1.54) is 16.7 Å². The quantitative estimate of drug-likeness (QED) is 0.410. The molecule has 1 aromatic rings. The van der Waals surface area contributed by atoms with Crippen LogP contribution in [0.2, 0.25) is 0 Å². The van der Waals surface area contributed by atoms with Crippen molar-refractivity contribution in [2.75, 3.05) is 32.1 Å². The van der Waals surface area contributed by atoms with E-state index in [4.69, 9.17) is 14.2 Å². The molecule has 2 rings (SSSR count). The summed E-state index contributed by atoms with van der Waals surface area (Å²) in [5.41, 5.74) is 0.737. The Kier molecular flexibility index (Phi) is 9.13. The SMILES string of the molecule is CCCCCOC(=O)CN1C(=O)CSC1c1ccccc1OCC(=O)OCC. The topological polar surface area (TPSA) is 82.1 Å². The summed E-state index contributed by atoms with van der Waals surface area (Å²) < 4.78 is 15.7. The second kappa shape index (κ2) is 11.6. The molecule has 0 N–H and O–H groups in total. The Hall–Kier alpha value is -2.22. The maximum absolute atomic E-state index is 12.3. The van der Waals surface area contributed by atoms with E-state index in [1.54, 1.807) is 19.1 Å². The number of hydrogen-bond donors (Lipinski definition) is 0. The lowest BCUT2D eigenvalue weighted by Gasteiger charge is -2.25. The number of nitrogens with zero attached hydrogens (tertiary/aromatic N) is 1. The third-order valence-corrected chi connectivity index (χ3v) is 5.35. The summed E-state index contributed by atoms with van der Waals surface area (Å²) in [6.45, 7) is 4.14. The van der Waals surface area contributed by atoms with Gasteiger partial charge < -0.3 is 19.1 Å². The van der Waals surface area contributed by atoms with Crippen LogP contribution < -0.4 is 4.74 Å². The molecule has 7 nitrogen and oxygen atoms in total. The molecule has 0 bridgehead atoms. The summed E-state index contributed by atoms with van der Waals surface area (Å²) in [5.74, 6) is -0.230. The molecule has 0 radical (unpaired) electrons. The van der Waals surface area contributed by atoms with Gasteiger partial charge in [0, 0.05) is 5.56 Å².